The molecule has 1 fully saturated rings. The van der Waals surface area contributed by atoms with Crippen molar-refractivity contribution in [1.29, 1.82) is 0 Å². The van der Waals surface area contributed by atoms with E-state index in [1.165, 1.54) is 4.68 Å². The molecule has 0 N–H and O–H groups in total. The fraction of sp³-hybridized carbons (Fsp3) is 0.300. The Kier molecular flexibility index (Phi) is 4.11. The number of anilines is 1. The summed E-state index contributed by atoms with van der Waals surface area (Å²) in [5, 5.41) is 3.48. The van der Waals surface area contributed by atoms with Gasteiger partial charge in [0.05, 0.1) is 16.0 Å². The van der Waals surface area contributed by atoms with Gasteiger partial charge in [0.25, 0.3) is 11.8 Å². The average molecular weight is 432 g/mol. The van der Waals surface area contributed by atoms with Crippen molar-refractivity contribution in [2.75, 3.05) is 4.90 Å². The second-order valence-electron chi connectivity index (χ2n) is 7.36. The van der Waals surface area contributed by atoms with Gasteiger partial charge in [-0.25, -0.2) is 9.88 Å². The number of fused-ring (bicyclic) bond motifs is 1. The van der Waals surface area contributed by atoms with E-state index in [1.54, 1.807) is 31.3 Å². The van der Waals surface area contributed by atoms with Crippen LogP contribution < -0.4 is 4.90 Å². The van der Waals surface area contributed by atoms with Gasteiger partial charge in [0.1, 0.15) is 11.5 Å². The van der Waals surface area contributed by atoms with Crippen molar-refractivity contribution in [2.45, 2.75) is 31.4 Å². The molecule has 0 radical (unpaired) electrons. The van der Waals surface area contributed by atoms with Gasteiger partial charge >= 0.3 is 6.18 Å². The number of benzene rings is 1. The van der Waals surface area contributed by atoms with Crippen LogP contribution >= 0.6 is 11.3 Å². The van der Waals surface area contributed by atoms with Gasteiger partial charge in [-0.3, -0.25) is 14.3 Å². The molecule has 3 aromatic rings. The Bertz CT molecular complexity index is 1160. The second-order valence-corrected chi connectivity index (χ2v) is 8.39. The van der Waals surface area contributed by atoms with E-state index in [0.717, 1.165) is 30.4 Å². The molecule has 0 unspecified atom stereocenters. The smallest absolute Gasteiger partial charge is 0.268 e. The van der Waals surface area contributed by atoms with E-state index in [1.807, 2.05) is 0 Å². The first-order chi connectivity index (χ1) is 14.3. The highest BCUT2D eigenvalue weighted by Gasteiger charge is 2.43. The predicted molar refractivity (Wildman–Crippen MR) is 103 cm³/mol. The van der Waals surface area contributed by atoms with Crippen molar-refractivity contribution in [3.05, 3.63) is 52.2 Å². The van der Waals surface area contributed by atoms with Gasteiger partial charge in [-0.05, 0) is 30.9 Å². The maximum atomic E-state index is 13.1. The number of nitrogens with zero attached hydrogens (tertiary/aromatic N) is 4. The van der Waals surface area contributed by atoms with Gasteiger partial charge in [0.15, 0.2) is 5.01 Å². The predicted octanol–water partition coefficient (Wildman–Crippen LogP) is 4.63. The summed E-state index contributed by atoms with van der Waals surface area (Å²) in [4.78, 5) is 30.9. The summed E-state index contributed by atoms with van der Waals surface area (Å²) in [7, 11) is 1.59. The molecule has 1 saturated carbocycles. The van der Waals surface area contributed by atoms with Crippen LogP contribution in [0.5, 0.6) is 0 Å². The molecule has 3 heterocycles. The number of hydrogen-bond donors (Lipinski definition) is 0. The summed E-state index contributed by atoms with van der Waals surface area (Å²) in [6.07, 6.45) is -0.777. The number of alkyl halides is 3. The number of imide groups is 1. The summed E-state index contributed by atoms with van der Waals surface area (Å²) >= 11 is 0.512. The Labute approximate surface area is 173 Å². The summed E-state index contributed by atoms with van der Waals surface area (Å²) in [6.45, 7) is 0. The van der Waals surface area contributed by atoms with Crippen LogP contribution in [-0.2, 0) is 13.2 Å². The van der Waals surface area contributed by atoms with Crippen LogP contribution in [-0.4, -0.2) is 26.6 Å². The number of aromatic nitrogens is 3. The zero-order chi connectivity index (χ0) is 21.2. The average Bonchev–Trinajstić information content (AvgIpc) is 3.32. The lowest BCUT2D eigenvalue weighted by Crippen LogP contribution is -2.32. The lowest BCUT2D eigenvalue weighted by atomic mass is 9.79. The first-order valence-electron chi connectivity index (χ1n) is 9.35. The fourth-order valence-electron chi connectivity index (χ4n) is 3.95. The molecule has 1 aliphatic heterocycles. The fourth-order valence-corrected chi connectivity index (χ4v) is 4.73. The summed E-state index contributed by atoms with van der Waals surface area (Å²) in [6, 6.07) is 6.55. The van der Waals surface area contributed by atoms with Gasteiger partial charge < -0.3 is 0 Å². The summed E-state index contributed by atoms with van der Waals surface area (Å²) in [5.74, 6) is -0.565. The van der Waals surface area contributed by atoms with E-state index >= 15 is 0 Å². The van der Waals surface area contributed by atoms with Crippen molar-refractivity contribution in [1.82, 2.24) is 14.8 Å². The van der Waals surface area contributed by atoms with E-state index in [0.29, 0.717) is 39.5 Å². The SMILES string of the molecule is Cn1nc(-c2cnc(C(F)(F)F)s2)c(C2CCC2)c1N1C(=O)c2ccccc2C1=O. The molecular weight excluding hydrogens is 417 g/mol. The number of halogens is 3. The Morgan fingerprint density at radius 3 is 2.23 bits per heavy atom. The minimum atomic E-state index is -4.54. The monoisotopic (exact) mass is 432 g/mol. The lowest BCUT2D eigenvalue weighted by molar-refractivity contribution is -0.137. The van der Waals surface area contributed by atoms with Crippen molar-refractivity contribution >= 4 is 29.0 Å². The molecule has 0 atom stereocenters. The zero-order valence-corrected chi connectivity index (χ0v) is 16.5. The minimum absolute atomic E-state index is 0.0180. The molecule has 0 saturated heterocycles. The molecule has 1 aromatic carbocycles. The van der Waals surface area contributed by atoms with E-state index in [4.69, 9.17) is 0 Å². The van der Waals surface area contributed by atoms with Crippen molar-refractivity contribution in [3.8, 4) is 10.6 Å². The second kappa shape index (κ2) is 6.49. The molecule has 5 rings (SSSR count). The number of carbonyl (C=O) groups excluding carboxylic acids is 2. The maximum absolute atomic E-state index is 13.1. The Morgan fingerprint density at radius 2 is 1.73 bits per heavy atom. The molecule has 0 bridgehead atoms. The highest BCUT2D eigenvalue weighted by atomic mass is 32.1. The molecular formula is C20H15F3N4O2S. The van der Waals surface area contributed by atoms with Gasteiger partial charge in [-0.1, -0.05) is 18.6 Å². The number of thiazole rings is 1. The number of rotatable bonds is 3. The molecule has 1 aliphatic carbocycles. The first kappa shape index (κ1) is 19.0. The Hall–Kier alpha value is -3.01. The summed E-state index contributed by atoms with van der Waals surface area (Å²) < 4.78 is 40.6. The van der Waals surface area contributed by atoms with Crippen LogP contribution in [0.3, 0.4) is 0 Å². The first-order valence-corrected chi connectivity index (χ1v) is 10.2. The van der Waals surface area contributed by atoms with Gasteiger partial charge in [-0.2, -0.15) is 18.3 Å². The van der Waals surface area contributed by atoms with Crippen LogP contribution in [0, 0.1) is 0 Å². The molecule has 2 aliphatic rings. The van der Waals surface area contributed by atoms with E-state index in [9.17, 15) is 22.8 Å². The highest BCUT2D eigenvalue weighted by molar-refractivity contribution is 7.15. The van der Waals surface area contributed by atoms with E-state index in [2.05, 4.69) is 10.1 Å². The minimum Gasteiger partial charge on any atom is -0.268 e. The van der Waals surface area contributed by atoms with Crippen LogP contribution in [0.2, 0.25) is 0 Å². The normalized spacial score (nSPS) is 16.9. The molecule has 0 spiro atoms. The van der Waals surface area contributed by atoms with E-state index in [-0.39, 0.29) is 10.8 Å². The number of aryl methyl sites for hydroxylation is 1. The molecule has 30 heavy (non-hydrogen) atoms. The quantitative estimate of drug-likeness (QED) is 0.566. The zero-order valence-electron chi connectivity index (χ0n) is 15.7. The highest BCUT2D eigenvalue weighted by Crippen LogP contribution is 2.48. The Morgan fingerprint density at radius 1 is 1.10 bits per heavy atom. The van der Waals surface area contributed by atoms with Crippen LogP contribution in [0.25, 0.3) is 10.6 Å². The molecule has 154 valence electrons. The molecule has 10 heteroatoms. The number of carbonyl (C=O) groups is 2. The maximum Gasteiger partial charge on any atom is 0.443 e. The van der Waals surface area contributed by atoms with Crippen LogP contribution in [0.4, 0.5) is 19.0 Å². The third kappa shape index (κ3) is 2.70. The van der Waals surface area contributed by atoms with E-state index < -0.39 is 23.0 Å². The standard InChI is InChI=1S/C20H15F3N4O2S/c1-26-16(27-17(28)11-7-2-3-8-12(11)18(27)29)14(10-5-4-6-10)15(25-26)13-9-24-19(30-13)20(21,22)23/h2-3,7-10H,4-6H2,1H3. The van der Waals surface area contributed by atoms with Crippen molar-refractivity contribution < 1.29 is 22.8 Å². The third-order valence-corrected chi connectivity index (χ3v) is 6.60. The van der Waals surface area contributed by atoms with Gasteiger partial charge in [0, 0.05) is 18.8 Å². The van der Waals surface area contributed by atoms with Crippen LogP contribution in [0.15, 0.2) is 30.5 Å². The Balaban J connectivity index is 1.67. The summed E-state index contributed by atoms with van der Waals surface area (Å²) in [5.41, 5.74) is 1.60. The number of hydrogen-bond acceptors (Lipinski definition) is 5. The molecule has 2 aromatic heterocycles. The van der Waals surface area contributed by atoms with Crippen LogP contribution in [0.1, 0.15) is 56.5 Å². The topological polar surface area (TPSA) is 68.1 Å². The largest absolute Gasteiger partial charge is 0.443 e. The molecule has 6 nitrogen and oxygen atoms in total. The van der Waals surface area contributed by atoms with Crippen molar-refractivity contribution in [2.24, 2.45) is 7.05 Å². The van der Waals surface area contributed by atoms with Crippen molar-refractivity contribution in [3.63, 3.8) is 0 Å². The van der Waals surface area contributed by atoms with Gasteiger partial charge in [-0.15, -0.1) is 11.3 Å². The lowest BCUT2D eigenvalue weighted by Gasteiger charge is -2.28. The number of amides is 2. The molecule has 2 amide bonds. The van der Waals surface area contributed by atoms with Gasteiger partial charge in [0.2, 0.25) is 0 Å². The third-order valence-electron chi connectivity index (χ3n) is 5.55.